The zero-order chi connectivity index (χ0) is 17.0. The highest BCUT2D eigenvalue weighted by Gasteiger charge is 2.30. The highest BCUT2D eigenvalue weighted by molar-refractivity contribution is 9.10. The predicted molar refractivity (Wildman–Crippen MR) is 89.0 cm³/mol. The third-order valence-corrected chi connectivity index (χ3v) is 5.54. The number of carbonyl (C=O) groups is 3. The Bertz CT molecular complexity index is 629. The van der Waals surface area contributed by atoms with Crippen LogP contribution in [-0.4, -0.2) is 57.6 Å². The van der Waals surface area contributed by atoms with Gasteiger partial charge < -0.3 is 4.90 Å². The largest absolute Gasteiger partial charge is 0.324 e. The van der Waals surface area contributed by atoms with Gasteiger partial charge in [-0.1, -0.05) is 15.9 Å². The Balaban J connectivity index is 1.81. The van der Waals surface area contributed by atoms with Crippen LogP contribution in [0, 0.1) is 0 Å². The smallest absolute Gasteiger partial charge is 0.248 e. The number of halogens is 1. The minimum atomic E-state index is -1.17. The van der Waals surface area contributed by atoms with Crippen LogP contribution < -0.4 is 0 Å². The maximum Gasteiger partial charge on any atom is 0.248 e. The first kappa shape index (κ1) is 17.8. The van der Waals surface area contributed by atoms with E-state index in [0.29, 0.717) is 17.1 Å². The van der Waals surface area contributed by atoms with Crippen LogP contribution in [0.3, 0.4) is 0 Å². The second-order valence-corrected chi connectivity index (χ2v) is 7.69. The monoisotopic (exact) mass is 400 g/mol. The molecule has 1 heterocycles. The Hall–Kier alpha value is -1.54. The van der Waals surface area contributed by atoms with Crippen molar-refractivity contribution in [3.8, 4) is 0 Å². The zero-order valence-corrected chi connectivity index (χ0v) is 15.1. The number of piperazine rings is 1. The van der Waals surface area contributed by atoms with E-state index in [2.05, 4.69) is 15.9 Å². The van der Waals surface area contributed by atoms with Gasteiger partial charge >= 0.3 is 0 Å². The third kappa shape index (κ3) is 4.71. The minimum absolute atomic E-state index is 0.0725. The summed E-state index contributed by atoms with van der Waals surface area (Å²) < 4.78 is 13.0. The first-order valence-electron chi connectivity index (χ1n) is 7.09. The molecule has 23 heavy (non-hydrogen) atoms. The molecule has 0 spiro atoms. The van der Waals surface area contributed by atoms with Gasteiger partial charge in [-0.25, -0.2) is 0 Å². The molecule has 2 rings (SSSR count). The predicted octanol–water partition coefficient (Wildman–Crippen LogP) is 1.16. The first-order chi connectivity index (χ1) is 10.9. The first-order valence-corrected chi connectivity index (χ1v) is 9.21. The highest BCUT2D eigenvalue weighted by atomic mass is 79.9. The maximum atomic E-state index is 12.1. The fourth-order valence-corrected chi connectivity index (χ4v) is 3.47. The van der Waals surface area contributed by atoms with Gasteiger partial charge in [-0.2, -0.15) is 0 Å². The molecule has 124 valence electrons. The van der Waals surface area contributed by atoms with Gasteiger partial charge in [-0.05, 0) is 30.7 Å². The van der Waals surface area contributed by atoms with Crippen LogP contribution in [0.1, 0.15) is 12.8 Å². The molecule has 0 aromatic heterocycles. The lowest BCUT2D eigenvalue weighted by Gasteiger charge is -2.30. The van der Waals surface area contributed by atoms with E-state index in [0.717, 1.165) is 9.37 Å². The number of hydrogen-bond donors (Lipinski definition) is 0. The van der Waals surface area contributed by atoms with Gasteiger partial charge in [0.25, 0.3) is 0 Å². The van der Waals surface area contributed by atoms with E-state index >= 15 is 0 Å². The number of amides is 3. The number of nitrogens with zero attached hydrogens (tertiary/aromatic N) is 2. The van der Waals surface area contributed by atoms with Crippen molar-refractivity contribution in [2.75, 3.05) is 25.9 Å². The van der Waals surface area contributed by atoms with Gasteiger partial charge in [0.1, 0.15) is 13.1 Å². The second kappa shape index (κ2) is 7.83. The average Bonchev–Trinajstić information content (AvgIpc) is 2.52. The summed E-state index contributed by atoms with van der Waals surface area (Å²) in [4.78, 5) is 38.2. The fourth-order valence-electron chi connectivity index (χ4n) is 2.13. The molecule has 0 aliphatic carbocycles. The van der Waals surface area contributed by atoms with E-state index in [1.54, 1.807) is 12.1 Å². The molecule has 1 aliphatic rings. The summed E-state index contributed by atoms with van der Waals surface area (Å²) in [6, 6.07) is 7.19. The molecule has 1 aromatic rings. The van der Waals surface area contributed by atoms with Gasteiger partial charge in [0.15, 0.2) is 0 Å². The molecule has 0 bridgehead atoms. The van der Waals surface area contributed by atoms with Crippen molar-refractivity contribution in [3.63, 3.8) is 0 Å². The number of carbonyl (C=O) groups excluding carboxylic acids is 3. The van der Waals surface area contributed by atoms with Crippen molar-refractivity contribution < 1.29 is 18.6 Å². The molecule has 8 heteroatoms. The maximum absolute atomic E-state index is 12.1. The Morgan fingerprint density at radius 1 is 1.17 bits per heavy atom. The second-order valence-electron chi connectivity index (χ2n) is 5.20. The molecule has 1 fully saturated rings. The molecular weight excluding hydrogens is 384 g/mol. The standard InChI is InChI=1S/C15H17BrN2O4S/c1-17-14(20)9-18(10-15(17)21)13(19)3-2-8-23(22)12-6-4-11(16)5-7-12/h4-7H,2-3,8-10H2,1H3/t23-/m1/s1. The van der Waals surface area contributed by atoms with Crippen molar-refractivity contribution in [3.05, 3.63) is 28.7 Å². The van der Waals surface area contributed by atoms with Crippen LogP contribution >= 0.6 is 15.9 Å². The SMILES string of the molecule is CN1C(=O)CN(C(=O)CCC[S@@](=O)c2ccc(Br)cc2)CC1=O. The van der Waals surface area contributed by atoms with Gasteiger partial charge in [0, 0.05) is 28.6 Å². The van der Waals surface area contributed by atoms with Crippen molar-refractivity contribution in [2.24, 2.45) is 0 Å². The molecule has 1 aromatic carbocycles. The topological polar surface area (TPSA) is 74.8 Å². The zero-order valence-electron chi connectivity index (χ0n) is 12.7. The summed E-state index contributed by atoms with van der Waals surface area (Å²) in [6.45, 7) is -0.145. The van der Waals surface area contributed by atoms with E-state index in [9.17, 15) is 18.6 Å². The molecule has 0 radical (unpaired) electrons. The summed E-state index contributed by atoms with van der Waals surface area (Å²) in [7, 11) is 0.244. The number of benzene rings is 1. The van der Waals surface area contributed by atoms with Gasteiger partial charge in [-0.15, -0.1) is 0 Å². The van der Waals surface area contributed by atoms with Crippen LogP contribution in [0.5, 0.6) is 0 Å². The van der Waals surface area contributed by atoms with Gasteiger partial charge in [0.05, 0.1) is 10.8 Å². The fraction of sp³-hybridized carbons (Fsp3) is 0.400. The molecule has 1 saturated heterocycles. The Labute approximate surface area is 145 Å². The third-order valence-electron chi connectivity index (χ3n) is 3.55. The van der Waals surface area contributed by atoms with Gasteiger partial charge in [-0.3, -0.25) is 23.5 Å². The van der Waals surface area contributed by atoms with E-state index in [1.165, 1.54) is 11.9 Å². The number of hydrogen-bond acceptors (Lipinski definition) is 4. The van der Waals surface area contributed by atoms with Crippen molar-refractivity contribution in [2.45, 2.75) is 17.7 Å². The van der Waals surface area contributed by atoms with E-state index in [-0.39, 0.29) is 37.2 Å². The number of rotatable bonds is 5. The summed E-state index contributed by atoms with van der Waals surface area (Å²) >= 11 is 3.32. The average molecular weight is 401 g/mol. The molecule has 1 atom stereocenters. The van der Waals surface area contributed by atoms with E-state index in [1.807, 2.05) is 12.1 Å². The Morgan fingerprint density at radius 3 is 2.30 bits per heavy atom. The summed E-state index contributed by atoms with van der Waals surface area (Å²) in [5.41, 5.74) is 0. The lowest BCUT2D eigenvalue weighted by atomic mass is 10.2. The molecule has 6 nitrogen and oxygen atoms in total. The minimum Gasteiger partial charge on any atom is -0.324 e. The molecule has 0 unspecified atom stereocenters. The molecule has 1 aliphatic heterocycles. The lowest BCUT2D eigenvalue weighted by Crippen LogP contribution is -2.53. The normalized spacial score (nSPS) is 16.6. The summed E-state index contributed by atoms with van der Waals surface area (Å²) in [5.74, 6) is -0.656. The molecule has 3 amide bonds. The number of likely N-dealkylation sites (N-methyl/N-ethyl adjacent to an activating group) is 1. The lowest BCUT2D eigenvalue weighted by molar-refractivity contribution is -0.155. The number of imide groups is 1. The van der Waals surface area contributed by atoms with E-state index < -0.39 is 10.8 Å². The van der Waals surface area contributed by atoms with Crippen LogP contribution in [-0.2, 0) is 25.2 Å². The molecular formula is C15H17BrN2O4S. The quantitative estimate of drug-likeness (QED) is 0.695. The van der Waals surface area contributed by atoms with Crippen molar-refractivity contribution >= 4 is 44.5 Å². The van der Waals surface area contributed by atoms with Crippen LogP contribution in [0.25, 0.3) is 0 Å². The van der Waals surface area contributed by atoms with Gasteiger partial charge in [0.2, 0.25) is 17.7 Å². The molecule has 0 N–H and O–H groups in total. The highest BCUT2D eigenvalue weighted by Crippen LogP contribution is 2.14. The molecule has 0 saturated carbocycles. The van der Waals surface area contributed by atoms with E-state index in [4.69, 9.17) is 0 Å². The van der Waals surface area contributed by atoms with Crippen molar-refractivity contribution in [1.82, 2.24) is 9.80 Å². The van der Waals surface area contributed by atoms with Crippen LogP contribution in [0.2, 0.25) is 0 Å². The van der Waals surface area contributed by atoms with Crippen molar-refractivity contribution in [1.29, 1.82) is 0 Å². The van der Waals surface area contributed by atoms with Crippen LogP contribution in [0.4, 0.5) is 0 Å². The summed E-state index contributed by atoms with van der Waals surface area (Å²) in [6.07, 6.45) is 0.614. The Kier molecular flexibility index (Phi) is 6.06. The van der Waals surface area contributed by atoms with Crippen LogP contribution in [0.15, 0.2) is 33.6 Å². The Morgan fingerprint density at radius 2 is 1.74 bits per heavy atom. The summed E-state index contributed by atoms with van der Waals surface area (Å²) in [5, 5.41) is 0.